The number of nitrogens with zero attached hydrogens (tertiary/aromatic N) is 1. The number of ether oxygens (including phenoxy) is 2. The normalized spacial score (nSPS) is 17.0. The molecule has 1 saturated heterocycles. The summed E-state index contributed by atoms with van der Waals surface area (Å²) in [6.45, 7) is 2.92. The third-order valence-electron chi connectivity index (χ3n) is 6.03. The van der Waals surface area contributed by atoms with Crippen LogP contribution in [0.15, 0.2) is 84.4 Å². The Morgan fingerprint density at radius 2 is 1.69 bits per heavy atom. The lowest BCUT2D eigenvalue weighted by atomic mass is 9.95. The third kappa shape index (κ3) is 5.22. The summed E-state index contributed by atoms with van der Waals surface area (Å²) in [7, 11) is 1.56. The molecule has 6 nitrogen and oxygen atoms in total. The molecule has 0 spiro atoms. The van der Waals surface area contributed by atoms with Crippen molar-refractivity contribution in [3.8, 4) is 11.5 Å². The van der Waals surface area contributed by atoms with Crippen molar-refractivity contribution in [2.24, 2.45) is 0 Å². The topological polar surface area (TPSA) is 76.1 Å². The van der Waals surface area contributed by atoms with Gasteiger partial charge >= 0.3 is 0 Å². The van der Waals surface area contributed by atoms with E-state index in [0.717, 1.165) is 12.0 Å². The number of aliphatic hydroxyl groups excluding tert-OH is 1. The predicted molar refractivity (Wildman–Crippen MR) is 134 cm³/mol. The minimum absolute atomic E-state index is 0.0703. The summed E-state index contributed by atoms with van der Waals surface area (Å²) in [5, 5.41) is 11.2. The number of methoxy groups -OCH3 is 1. The van der Waals surface area contributed by atoms with Gasteiger partial charge in [0.25, 0.3) is 11.7 Å². The number of amides is 1. The molecule has 1 heterocycles. The highest BCUT2D eigenvalue weighted by Crippen LogP contribution is 2.40. The van der Waals surface area contributed by atoms with Gasteiger partial charge in [-0.25, -0.2) is 0 Å². The molecule has 0 aromatic heterocycles. The summed E-state index contributed by atoms with van der Waals surface area (Å²) in [4.78, 5) is 28.0. The van der Waals surface area contributed by atoms with Crippen molar-refractivity contribution in [2.75, 3.05) is 20.3 Å². The highest BCUT2D eigenvalue weighted by atomic mass is 16.5. The van der Waals surface area contributed by atoms with Gasteiger partial charge in [-0.05, 0) is 60.4 Å². The van der Waals surface area contributed by atoms with E-state index in [2.05, 4.69) is 0 Å². The second-order valence-corrected chi connectivity index (χ2v) is 8.38. The Hall–Kier alpha value is -4.06. The number of ketones is 1. The highest BCUT2D eigenvalue weighted by Gasteiger charge is 2.45. The van der Waals surface area contributed by atoms with E-state index in [4.69, 9.17) is 9.47 Å². The fourth-order valence-electron chi connectivity index (χ4n) is 4.25. The van der Waals surface area contributed by atoms with E-state index < -0.39 is 17.7 Å². The Labute approximate surface area is 205 Å². The first kappa shape index (κ1) is 24.1. The van der Waals surface area contributed by atoms with E-state index in [0.29, 0.717) is 42.2 Å². The van der Waals surface area contributed by atoms with Gasteiger partial charge in [-0.1, -0.05) is 49.4 Å². The summed E-state index contributed by atoms with van der Waals surface area (Å²) in [6.07, 6.45) is 1.44. The number of Topliss-reactive ketones (excluding diaryl/α,β-unsaturated/α-hetero) is 1. The van der Waals surface area contributed by atoms with Crippen LogP contribution in [-0.2, 0) is 16.0 Å². The molecule has 0 bridgehead atoms. The van der Waals surface area contributed by atoms with Crippen molar-refractivity contribution < 1.29 is 24.2 Å². The van der Waals surface area contributed by atoms with Crippen molar-refractivity contribution >= 4 is 17.4 Å². The molecule has 0 radical (unpaired) electrons. The van der Waals surface area contributed by atoms with Gasteiger partial charge < -0.3 is 19.5 Å². The molecular formula is C29H29NO5. The molecule has 1 atom stereocenters. The predicted octanol–water partition coefficient (Wildman–Crippen LogP) is 5.15. The number of carbonyl (C=O) groups is 2. The maximum absolute atomic E-state index is 13.2. The Morgan fingerprint density at radius 1 is 0.943 bits per heavy atom. The Morgan fingerprint density at radius 3 is 2.37 bits per heavy atom. The van der Waals surface area contributed by atoms with Gasteiger partial charge in [0.05, 0.1) is 25.3 Å². The average molecular weight is 472 g/mol. The molecule has 1 aliphatic rings. The number of likely N-dealkylation sites (tertiary alicyclic amines) is 1. The second-order valence-electron chi connectivity index (χ2n) is 8.38. The fourth-order valence-corrected chi connectivity index (χ4v) is 4.25. The molecule has 6 heteroatoms. The quantitative estimate of drug-likeness (QED) is 0.265. The molecule has 3 aromatic rings. The van der Waals surface area contributed by atoms with Crippen LogP contribution in [0, 0.1) is 0 Å². The van der Waals surface area contributed by atoms with Crippen LogP contribution < -0.4 is 9.47 Å². The lowest BCUT2D eigenvalue weighted by molar-refractivity contribution is -0.139. The van der Waals surface area contributed by atoms with E-state index in [1.165, 1.54) is 0 Å². The minimum atomic E-state index is -0.731. The van der Waals surface area contributed by atoms with Crippen molar-refractivity contribution in [1.82, 2.24) is 4.90 Å². The van der Waals surface area contributed by atoms with Crippen molar-refractivity contribution in [3.63, 3.8) is 0 Å². The zero-order chi connectivity index (χ0) is 24.8. The average Bonchev–Trinajstić information content (AvgIpc) is 3.16. The number of benzene rings is 3. The summed E-state index contributed by atoms with van der Waals surface area (Å²) < 4.78 is 11.0. The molecule has 1 aliphatic heterocycles. The van der Waals surface area contributed by atoms with E-state index in [9.17, 15) is 14.7 Å². The molecule has 1 N–H and O–H groups in total. The van der Waals surface area contributed by atoms with Gasteiger partial charge in [0.15, 0.2) is 0 Å². The first-order chi connectivity index (χ1) is 17.0. The van der Waals surface area contributed by atoms with E-state index in [1.807, 2.05) is 61.5 Å². The lowest BCUT2D eigenvalue weighted by Gasteiger charge is -2.26. The van der Waals surface area contributed by atoms with Crippen molar-refractivity contribution in [3.05, 3.63) is 101 Å². The standard InChI is InChI=1S/C29H29NO5/c1-3-18-35-24-11-7-10-22(19-24)26-25(27(31)21-12-14-23(34-2)15-13-21)28(32)29(33)30(26)17-16-20-8-5-4-6-9-20/h4-15,19,26,31H,3,16-18H2,1-2H3/b27-25+. The summed E-state index contributed by atoms with van der Waals surface area (Å²) in [5.41, 5.74) is 2.28. The largest absolute Gasteiger partial charge is 0.507 e. The molecule has 1 fully saturated rings. The minimum Gasteiger partial charge on any atom is -0.507 e. The fraction of sp³-hybridized carbons (Fsp3) is 0.241. The van der Waals surface area contributed by atoms with Crippen LogP contribution in [0.25, 0.3) is 5.76 Å². The van der Waals surface area contributed by atoms with Gasteiger partial charge in [-0.15, -0.1) is 0 Å². The van der Waals surface area contributed by atoms with E-state index >= 15 is 0 Å². The summed E-state index contributed by atoms with van der Waals surface area (Å²) in [6, 6.07) is 23.2. The number of carbonyl (C=O) groups excluding carboxylic acids is 2. The smallest absolute Gasteiger partial charge is 0.295 e. The third-order valence-corrected chi connectivity index (χ3v) is 6.03. The summed E-state index contributed by atoms with van der Waals surface area (Å²) >= 11 is 0. The van der Waals surface area contributed by atoms with Crippen LogP contribution in [0.1, 0.15) is 36.1 Å². The van der Waals surface area contributed by atoms with Gasteiger partial charge in [-0.2, -0.15) is 0 Å². The zero-order valence-corrected chi connectivity index (χ0v) is 19.9. The molecule has 1 amide bonds. The molecule has 3 aromatic carbocycles. The van der Waals surface area contributed by atoms with Gasteiger partial charge in [-0.3, -0.25) is 9.59 Å². The van der Waals surface area contributed by atoms with Crippen LogP contribution in [0.2, 0.25) is 0 Å². The number of rotatable bonds is 9. The molecule has 35 heavy (non-hydrogen) atoms. The second kappa shape index (κ2) is 10.9. The SMILES string of the molecule is CCCOc1cccc(C2/C(=C(\O)c3ccc(OC)cc3)C(=O)C(=O)N2CCc2ccccc2)c1. The first-order valence-electron chi connectivity index (χ1n) is 11.7. The van der Waals surface area contributed by atoms with Crippen LogP contribution in [0.5, 0.6) is 11.5 Å². The molecule has 4 rings (SSSR count). The van der Waals surface area contributed by atoms with E-state index in [1.54, 1.807) is 36.3 Å². The lowest BCUT2D eigenvalue weighted by Crippen LogP contribution is -2.31. The van der Waals surface area contributed by atoms with Gasteiger partial charge in [0, 0.05) is 12.1 Å². The van der Waals surface area contributed by atoms with Crippen LogP contribution in [0.3, 0.4) is 0 Å². The Balaban J connectivity index is 1.77. The van der Waals surface area contributed by atoms with Gasteiger partial charge in [0.1, 0.15) is 17.3 Å². The number of aliphatic hydroxyl groups is 1. The number of hydrogen-bond acceptors (Lipinski definition) is 5. The highest BCUT2D eigenvalue weighted by molar-refractivity contribution is 6.46. The molecule has 0 saturated carbocycles. The number of hydrogen-bond donors (Lipinski definition) is 1. The van der Waals surface area contributed by atoms with Crippen molar-refractivity contribution in [1.29, 1.82) is 0 Å². The first-order valence-corrected chi connectivity index (χ1v) is 11.7. The maximum atomic E-state index is 13.2. The summed E-state index contributed by atoms with van der Waals surface area (Å²) in [5.74, 6) is -0.250. The Kier molecular flexibility index (Phi) is 7.51. The van der Waals surface area contributed by atoms with Crippen molar-refractivity contribution in [2.45, 2.75) is 25.8 Å². The maximum Gasteiger partial charge on any atom is 0.295 e. The molecule has 180 valence electrons. The molecular weight excluding hydrogens is 442 g/mol. The molecule has 0 aliphatic carbocycles. The van der Waals surface area contributed by atoms with Crippen LogP contribution in [0.4, 0.5) is 0 Å². The zero-order valence-electron chi connectivity index (χ0n) is 19.9. The van der Waals surface area contributed by atoms with Gasteiger partial charge in [0.2, 0.25) is 0 Å². The van der Waals surface area contributed by atoms with Crippen LogP contribution in [-0.4, -0.2) is 42.0 Å². The Bertz CT molecular complexity index is 1220. The van der Waals surface area contributed by atoms with E-state index in [-0.39, 0.29) is 11.3 Å². The van der Waals surface area contributed by atoms with Crippen LogP contribution >= 0.6 is 0 Å². The molecule has 1 unspecified atom stereocenters. The monoisotopic (exact) mass is 471 g/mol.